The normalized spacial score (nSPS) is 20.1. The highest BCUT2D eigenvalue weighted by molar-refractivity contribution is 5.85. The molecule has 0 aliphatic heterocycles. The molecular weight excluding hydrogens is 248 g/mol. The lowest BCUT2D eigenvalue weighted by molar-refractivity contribution is 0.260. The minimum absolute atomic E-state index is 0.262. The highest BCUT2D eigenvalue weighted by atomic mass is 16.3. The topological polar surface area (TPSA) is 48.0 Å². The summed E-state index contributed by atoms with van der Waals surface area (Å²) in [5.41, 5.74) is 5.50. The molecule has 0 radical (unpaired) electrons. The van der Waals surface area contributed by atoms with Crippen LogP contribution in [-0.2, 0) is 12.8 Å². The van der Waals surface area contributed by atoms with E-state index in [-0.39, 0.29) is 6.61 Å². The van der Waals surface area contributed by atoms with Crippen molar-refractivity contribution in [1.29, 1.82) is 0 Å². The zero-order valence-corrected chi connectivity index (χ0v) is 12.4. The molecule has 0 amide bonds. The summed E-state index contributed by atoms with van der Waals surface area (Å²) in [5, 5.41) is 14.1. The maximum atomic E-state index is 9.02. The number of nitrogens with one attached hydrogen (secondary N) is 2. The second-order valence-electron chi connectivity index (χ2n) is 6.15. The maximum Gasteiger partial charge on any atom is 0.0459 e. The smallest absolute Gasteiger partial charge is 0.0459 e. The van der Waals surface area contributed by atoms with E-state index in [4.69, 9.17) is 5.11 Å². The average molecular weight is 272 g/mol. The minimum atomic E-state index is 0.262. The third-order valence-corrected chi connectivity index (χ3v) is 4.43. The van der Waals surface area contributed by atoms with Crippen molar-refractivity contribution >= 4 is 10.9 Å². The van der Waals surface area contributed by atoms with Gasteiger partial charge in [-0.1, -0.05) is 11.6 Å². The Morgan fingerprint density at radius 3 is 3.10 bits per heavy atom. The van der Waals surface area contributed by atoms with Gasteiger partial charge in [0.05, 0.1) is 0 Å². The van der Waals surface area contributed by atoms with Crippen molar-refractivity contribution in [2.24, 2.45) is 0 Å². The molecular formula is C17H24N2O. The fraction of sp³-hybridized carbons (Fsp3) is 0.529. The van der Waals surface area contributed by atoms with Crippen LogP contribution in [-0.4, -0.2) is 28.8 Å². The molecule has 0 bridgehead atoms. The number of aromatic amines is 1. The first kappa shape index (κ1) is 13.7. The Morgan fingerprint density at radius 1 is 1.45 bits per heavy atom. The van der Waals surface area contributed by atoms with Crippen LogP contribution in [0.2, 0.25) is 0 Å². The van der Waals surface area contributed by atoms with Gasteiger partial charge in [0.2, 0.25) is 0 Å². The number of aryl methyl sites for hydroxylation is 2. The van der Waals surface area contributed by atoms with E-state index in [1.165, 1.54) is 34.1 Å². The number of hydrogen-bond acceptors (Lipinski definition) is 2. The second-order valence-corrected chi connectivity index (χ2v) is 6.15. The number of aromatic nitrogens is 1. The average Bonchev–Trinajstić information content (AvgIpc) is 2.76. The number of rotatable bonds is 4. The molecule has 3 nitrogen and oxygen atoms in total. The lowest BCUT2D eigenvalue weighted by atomic mass is 9.90. The predicted molar refractivity (Wildman–Crippen MR) is 83.1 cm³/mol. The molecule has 1 aromatic carbocycles. The van der Waals surface area contributed by atoms with Crippen molar-refractivity contribution in [2.45, 2.75) is 51.6 Å². The van der Waals surface area contributed by atoms with E-state index in [1.807, 2.05) is 0 Å². The molecule has 20 heavy (non-hydrogen) atoms. The molecule has 2 unspecified atom stereocenters. The van der Waals surface area contributed by atoms with Crippen LogP contribution in [0, 0.1) is 6.92 Å². The fourth-order valence-corrected chi connectivity index (χ4v) is 3.35. The van der Waals surface area contributed by atoms with Gasteiger partial charge >= 0.3 is 0 Å². The fourth-order valence-electron chi connectivity index (χ4n) is 3.35. The molecule has 1 aliphatic carbocycles. The van der Waals surface area contributed by atoms with Crippen LogP contribution < -0.4 is 5.32 Å². The van der Waals surface area contributed by atoms with Gasteiger partial charge in [-0.2, -0.15) is 0 Å². The Morgan fingerprint density at radius 2 is 2.30 bits per heavy atom. The summed E-state index contributed by atoms with van der Waals surface area (Å²) < 4.78 is 0. The van der Waals surface area contributed by atoms with Crippen molar-refractivity contribution < 1.29 is 5.11 Å². The molecule has 0 saturated carbocycles. The molecule has 3 rings (SSSR count). The van der Waals surface area contributed by atoms with Gasteiger partial charge in [0.15, 0.2) is 0 Å². The van der Waals surface area contributed by atoms with Crippen LogP contribution in [0.3, 0.4) is 0 Å². The molecule has 1 aromatic heterocycles. The standard InChI is InChI=1S/C17H24N2O/c1-11-3-5-16-14(9-11)15-10-13(4-6-17(15)19-16)18-12(2)7-8-20/h3,5,9,12-13,18-20H,4,6-8,10H2,1-2H3. The van der Waals surface area contributed by atoms with Crippen LogP contribution in [0.25, 0.3) is 10.9 Å². The van der Waals surface area contributed by atoms with Crippen molar-refractivity contribution in [1.82, 2.24) is 10.3 Å². The van der Waals surface area contributed by atoms with Crippen molar-refractivity contribution in [3.8, 4) is 0 Å². The van der Waals surface area contributed by atoms with E-state index in [2.05, 4.69) is 42.3 Å². The van der Waals surface area contributed by atoms with Crippen molar-refractivity contribution in [3.63, 3.8) is 0 Å². The Kier molecular flexibility index (Phi) is 3.81. The van der Waals surface area contributed by atoms with Gasteiger partial charge in [-0.05, 0) is 57.2 Å². The van der Waals surface area contributed by atoms with Gasteiger partial charge in [-0.25, -0.2) is 0 Å². The number of fused-ring (bicyclic) bond motifs is 3. The van der Waals surface area contributed by atoms with Crippen molar-refractivity contribution in [3.05, 3.63) is 35.0 Å². The third kappa shape index (κ3) is 2.60. The molecule has 0 spiro atoms. The quantitative estimate of drug-likeness (QED) is 0.801. The number of hydrogen-bond donors (Lipinski definition) is 3. The summed E-state index contributed by atoms with van der Waals surface area (Å²) in [6, 6.07) is 7.58. The first-order valence-corrected chi connectivity index (χ1v) is 7.64. The van der Waals surface area contributed by atoms with E-state index in [1.54, 1.807) is 0 Å². The zero-order valence-electron chi connectivity index (χ0n) is 12.4. The number of benzene rings is 1. The van der Waals surface area contributed by atoms with Gasteiger partial charge < -0.3 is 15.4 Å². The lowest BCUT2D eigenvalue weighted by Crippen LogP contribution is -2.40. The third-order valence-electron chi connectivity index (χ3n) is 4.43. The molecule has 2 aromatic rings. The lowest BCUT2D eigenvalue weighted by Gasteiger charge is -2.27. The minimum Gasteiger partial charge on any atom is -0.396 e. The largest absolute Gasteiger partial charge is 0.396 e. The number of aliphatic hydroxyl groups is 1. The summed E-state index contributed by atoms with van der Waals surface area (Å²) in [5.74, 6) is 0. The van der Waals surface area contributed by atoms with E-state index in [9.17, 15) is 0 Å². The molecule has 0 fully saturated rings. The molecule has 3 heteroatoms. The van der Waals surface area contributed by atoms with Gasteiger partial charge in [0.1, 0.15) is 0 Å². The predicted octanol–water partition coefficient (Wildman–Crippen LogP) is 2.69. The summed E-state index contributed by atoms with van der Waals surface area (Å²) in [6.07, 6.45) is 4.21. The van der Waals surface area contributed by atoms with Crippen LogP contribution in [0.4, 0.5) is 0 Å². The van der Waals surface area contributed by atoms with E-state index < -0.39 is 0 Å². The molecule has 1 heterocycles. The van der Waals surface area contributed by atoms with E-state index in [0.717, 1.165) is 19.3 Å². The Hall–Kier alpha value is -1.32. The molecule has 3 N–H and O–H groups in total. The summed E-state index contributed by atoms with van der Waals surface area (Å²) in [7, 11) is 0. The summed E-state index contributed by atoms with van der Waals surface area (Å²) >= 11 is 0. The molecule has 1 aliphatic rings. The van der Waals surface area contributed by atoms with Crippen LogP contribution >= 0.6 is 0 Å². The zero-order chi connectivity index (χ0) is 14.1. The van der Waals surface area contributed by atoms with Gasteiger partial charge in [0.25, 0.3) is 0 Å². The van der Waals surface area contributed by atoms with Crippen molar-refractivity contribution in [2.75, 3.05) is 6.61 Å². The van der Waals surface area contributed by atoms with E-state index in [0.29, 0.717) is 12.1 Å². The van der Waals surface area contributed by atoms with Gasteiger partial charge in [0, 0.05) is 35.3 Å². The molecule has 2 atom stereocenters. The number of H-pyrrole nitrogens is 1. The maximum absolute atomic E-state index is 9.02. The highest BCUT2D eigenvalue weighted by Crippen LogP contribution is 2.30. The monoisotopic (exact) mass is 272 g/mol. The summed E-state index contributed by atoms with van der Waals surface area (Å²) in [4.78, 5) is 3.57. The van der Waals surface area contributed by atoms with Gasteiger partial charge in [-0.15, -0.1) is 0 Å². The Labute approximate surface area is 120 Å². The Balaban J connectivity index is 1.82. The van der Waals surface area contributed by atoms with Crippen LogP contribution in [0.15, 0.2) is 18.2 Å². The second kappa shape index (κ2) is 5.58. The molecule has 0 saturated heterocycles. The number of aliphatic hydroxyl groups excluding tert-OH is 1. The Bertz CT molecular complexity index is 602. The summed E-state index contributed by atoms with van der Waals surface area (Å²) in [6.45, 7) is 4.57. The molecule has 108 valence electrons. The first-order chi connectivity index (χ1) is 9.67. The van der Waals surface area contributed by atoms with Crippen LogP contribution in [0.5, 0.6) is 0 Å². The highest BCUT2D eigenvalue weighted by Gasteiger charge is 2.23. The SMILES string of the molecule is Cc1ccc2[nH]c3c(c2c1)CC(NC(C)CCO)CC3. The van der Waals surface area contributed by atoms with Gasteiger partial charge in [-0.3, -0.25) is 0 Å². The van der Waals surface area contributed by atoms with Crippen LogP contribution in [0.1, 0.15) is 36.6 Å². The first-order valence-electron chi connectivity index (χ1n) is 7.64. The van der Waals surface area contributed by atoms with E-state index >= 15 is 0 Å².